The number of halogens is 5. The van der Waals surface area contributed by atoms with E-state index < -0.39 is 52.5 Å². The molecule has 2 saturated carbocycles. The molecule has 8 nitrogen and oxygen atoms in total. The van der Waals surface area contributed by atoms with Gasteiger partial charge in [0.25, 0.3) is 5.91 Å². The number of carbonyl (C=O) groups is 2. The lowest BCUT2D eigenvalue weighted by Crippen LogP contribution is -2.50. The molecule has 0 aliphatic heterocycles. The Hall–Kier alpha value is -3.90. The van der Waals surface area contributed by atoms with Crippen molar-refractivity contribution in [3.63, 3.8) is 0 Å². The fourth-order valence-corrected chi connectivity index (χ4v) is 5.23. The Morgan fingerprint density at radius 2 is 1.70 bits per heavy atom. The summed E-state index contributed by atoms with van der Waals surface area (Å²) in [6.45, 7) is 3.74. The normalized spacial score (nSPS) is 16.3. The highest BCUT2D eigenvalue weighted by atomic mass is 19.4. The Balaban J connectivity index is 1.41. The van der Waals surface area contributed by atoms with Gasteiger partial charge in [0, 0.05) is 17.8 Å². The fourth-order valence-electron chi connectivity index (χ4n) is 5.23. The van der Waals surface area contributed by atoms with Crippen molar-refractivity contribution in [2.24, 2.45) is 17.8 Å². The first-order chi connectivity index (χ1) is 19.0. The van der Waals surface area contributed by atoms with E-state index in [2.05, 4.69) is 25.7 Å². The van der Waals surface area contributed by atoms with Gasteiger partial charge in [-0.25, -0.2) is 9.97 Å². The number of aromatic nitrogens is 4. The zero-order chi connectivity index (χ0) is 28.8. The van der Waals surface area contributed by atoms with Crippen LogP contribution in [0, 0.1) is 29.5 Å². The minimum Gasteiger partial charge on any atom is -0.339 e. The SMILES string of the molecule is CC(C)n1nccc1C(=O)N[C@H](C(=O)Nc1ccc(-c2c[nH+]cc(F)c2C(F)(F)F)c(F)n1)C(C1CC1)C1CC1. The number of alkyl halides is 3. The molecule has 5 rings (SSSR count). The number of nitrogens with zero attached hydrogens (tertiary/aromatic N) is 3. The first-order valence-electron chi connectivity index (χ1n) is 13.0. The van der Waals surface area contributed by atoms with Gasteiger partial charge in [0.1, 0.15) is 23.1 Å². The van der Waals surface area contributed by atoms with Gasteiger partial charge in [-0.1, -0.05) is 0 Å². The molecule has 13 heteroatoms. The third kappa shape index (κ3) is 5.68. The molecule has 0 spiro atoms. The van der Waals surface area contributed by atoms with E-state index in [1.165, 1.54) is 6.20 Å². The zero-order valence-corrected chi connectivity index (χ0v) is 21.7. The summed E-state index contributed by atoms with van der Waals surface area (Å²) >= 11 is 0. The van der Waals surface area contributed by atoms with Gasteiger partial charge in [-0.3, -0.25) is 14.3 Å². The topological polar surface area (TPSA) is 103 Å². The minimum absolute atomic E-state index is 0.0927. The molecule has 2 amide bonds. The van der Waals surface area contributed by atoms with Crippen molar-refractivity contribution in [2.75, 3.05) is 5.32 Å². The van der Waals surface area contributed by atoms with E-state index in [0.29, 0.717) is 11.9 Å². The van der Waals surface area contributed by atoms with Crippen molar-refractivity contribution < 1.29 is 36.5 Å². The molecule has 40 heavy (non-hydrogen) atoms. The van der Waals surface area contributed by atoms with Gasteiger partial charge in [-0.05, 0) is 75.5 Å². The summed E-state index contributed by atoms with van der Waals surface area (Å²) in [7, 11) is 0. The van der Waals surface area contributed by atoms with Gasteiger partial charge < -0.3 is 10.6 Å². The number of amides is 2. The van der Waals surface area contributed by atoms with Crippen LogP contribution in [0.2, 0.25) is 0 Å². The van der Waals surface area contributed by atoms with Gasteiger partial charge >= 0.3 is 6.18 Å². The van der Waals surface area contributed by atoms with Crippen LogP contribution in [0.15, 0.2) is 36.8 Å². The van der Waals surface area contributed by atoms with Crippen LogP contribution in [0.1, 0.15) is 61.6 Å². The lowest BCUT2D eigenvalue weighted by Gasteiger charge is -2.27. The van der Waals surface area contributed by atoms with Crippen LogP contribution in [0.5, 0.6) is 0 Å². The number of H-pyrrole nitrogens is 1. The van der Waals surface area contributed by atoms with Crippen molar-refractivity contribution >= 4 is 17.6 Å². The summed E-state index contributed by atoms with van der Waals surface area (Å²) in [6.07, 6.45) is 1.48. The van der Waals surface area contributed by atoms with E-state index in [1.807, 2.05) is 13.8 Å². The van der Waals surface area contributed by atoms with Gasteiger partial charge in [-0.15, -0.1) is 0 Å². The van der Waals surface area contributed by atoms with Crippen molar-refractivity contribution in [1.29, 1.82) is 0 Å². The Labute approximate surface area is 226 Å². The number of hydrogen-bond acceptors (Lipinski definition) is 4. The highest BCUT2D eigenvalue weighted by Crippen LogP contribution is 2.51. The third-order valence-electron chi connectivity index (χ3n) is 7.30. The first kappa shape index (κ1) is 27.7. The second-order valence-electron chi connectivity index (χ2n) is 10.6. The van der Waals surface area contributed by atoms with Gasteiger partial charge in [0.05, 0.1) is 5.56 Å². The van der Waals surface area contributed by atoms with E-state index in [9.17, 15) is 31.5 Å². The molecule has 3 heterocycles. The number of anilines is 1. The summed E-state index contributed by atoms with van der Waals surface area (Å²) in [5.41, 5.74) is -2.70. The maximum Gasteiger partial charge on any atom is 0.420 e. The molecule has 3 N–H and O–H groups in total. The number of aromatic amines is 1. The molecular weight excluding hydrogens is 535 g/mol. The number of rotatable bonds is 9. The van der Waals surface area contributed by atoms with Crippen LogP contribution in [-0.4, -0.2) is 32.6 Å². The van der Waals surface area contributed by atoms with Gasteiger partial charge in [0.15, 0.2) is 12.0 Å². The van der Waals surface area contributed by atoms with Gasteiger partial charge in [0.2, 0.25) is 18.1 Å². The summed E-state index contributed by atoms with van der Waals surface area (Å²) in [5.74, 6) is -3.87. The molecule has 0 bridgehead atoms. The monoisotopic (exact) mass is 563 g/mol. The molecule has 0 unspecified atom stereocenters. The van der Waals surface area contributed by atoms with Crippen LogP contribution in [0.3, 0.4) is 0 Å². The van der Waals surface area contributed by atoms with Crippen LogP contribution >= 0.6 is 0 Å². The molecule has 0 aromatic carbocycles. The molecule has 2 fully saturated rings. The van der Waals surface area contributed by atoms with E-state index >= 15 is 0 Å². The fraction of sp³-hybridized carbons (Fsp3) is 0.444. The van der Waals surface area contributed by atoms with E-state index in [1.54, 1.807) is 10.7 Å². The second kappa shape index (κ2) is 10.6. The van der Waals surface area contributed by atoms with Crippen molar-refractivity contribution in [2.45, 2.75) is 57.8 Å². The van der Waals surface area contributed by atoms with Crippen molar-refractivity contribution in [3.05, 3.63) is 59.8 Å². The highest BCUT2D eigenvalue weighted by Gasteiger charge is 2.48. The Morgan fingerprint density at radius 1 is 1.02 bits per heavy atom. The van der Waals surface area contributed by atoms with E-state index in [-0.39, 0.29) is 29.6 Å². The van der Waals surface area contributed by atoms with Crippen LogP contribution < -0.4 is 15.6 Å². The highest BCUT2D eigenvalue weighted by molar-refractivity contribution is 6.00. The molecule has 3 aromatic rings. The number of hydrogen-bond donors (Lipinski definition) is 2. The van der Waals surface area contributed by atoms with Gasteiger partial charge in [-0.2, -0.15) is 27.1 Å². The molecule has 2 aliphatic carbocycles. The molecule has 0 saturated heterocycles. The molecule has 212 valence electrons. The minimum atomic E-state index is -5.08. The third-order valence-corrected chi connectivity index (χ3v) is 7.30. The first-order valence-corrected chi connectivity index (χ1v) is 13.0. The Morgan fingerprint density at radius 3 is 2.27 bits per heavy atom. The second-order valence-corrected chi connectivity index (χ2v) is 10.6. The van der Waals surface area contributed by atoms with Crippen LogP contribution in [0.4, 0.5) is 27.8 Å². The van der Waals surface area contributed by atoms with Crippen molar-refractivity contribution in [1.82, 2.24) is 20.1 Å². The predicted octanol–water partition coefficient (Wildman–Crippen LogP) is 4.81. The molecule has 2 aliphatic rings. The maximum atomic E-state index is 15.0. The quantitative estimate of drug-likeness (QED) is 0.288. The maximum absolute atomic E-state index is 15.0. The Bertz CT molecular complexity index is 1420. The Kier molecular flexibility index (Phi) is 7.32. The number of pyridine rings is 2. The van der Waals surface area contributed by atoms with E-state index in [0.717, 1.165) is 44.0 Å². The molecule has 3 aromatic heterocycles. The van der Waals surface area contributed by atoms with E-state index in [4.69, 9.17) is 0 Å². The predicted molar refractivity (Wildman–Crippen MR) is 133 cm³/mol. The molecule has 0 radical (unpaired) electrons. The smallest absolute Gasteiger partial charge is 0.339 e. The lowest BCUT2D eigenvalue weighted by molar-refractivity contribution is -0.380. The van der Waals surface area contributed by atoms with Crippen molar-refractivity contribution in [3.8, 4) is 11.1 Å². The number of carbonyl (C=O) groups excluding carboxylic acids is 2. The summed E-state index contributed by atoms with van der Waals surface area (Å²) in [5, 5.41) is 9.55. The summed E-state index contributed by atoms with van der Waals surface area (Å²) < 4.78 is 70.9. The summed E-state index contributed by atoms with van der Waals surface area (Å²) in [4.78, 5) is 32.6. The summed E-state index contributed by atoms with van der Waals surface area (Å²) in [6, 6.07) is 2.65. The average Bonchev–Trinajstić information content (AvgIpc) is 3.82. The lowest BCUT2D eigenvalue weighted by atomic mass is 9.88. The standard InChI is InChI=1S/C27H27F5N6O2/c1-13(2)38-19(9-10-34-38)25(39)37-23(21(14-3-4-14)15-5-6-15)26(40)36-20-8-7-16(24(29)35-20)17-11-33-12-18(28)22(17)27(30,31)32/h7-15,21,23H,3-6H2,1-2H3,(H,37,39)(H,35,36,40)/p+1/t23-/m0/s1. The van der Waals surface area contributed by atoms with Crippen LogP contribution in [-0.2, 0) is 11.0 Å². The largest absolute Gasteiger partial charge is 0.420 e. The molecular formula is C27H28F5N6O2+. The zero-order valence-electron chi connectivity index (χ0n) is 21.7. The number of nitrogens with one attached hydrogen (secondary N) is 3. The average molecular weight is 564 g/mol. The molecule has 1 atom stereocenters. The van der Waals surface area contributed by atoms with Crippen LogP contribution in [0.25, 0.3) is 11.1 Å².